The van der Waals surface area contributed by atoms with Gasteiger partial charge in [-0.1, -0.05) is 19.1 Å². The number of ether oxygens (including phenoxy) is 1. The van der Waals surface area contributed by atoms with Crippen LogP contribution >= 0.6 is 11.3 Å². The Bertz CT molecular complexity index is 1550. The molecule has 1 aromatic heterocycles. The lowest BCUT2D eigenvalue weighted by Crippen LogP contribution is -2.25. The second-order valence-corrected chi connectivity index (χ2v) is 9.45. The highest BCUT2D eigenvalue weighted by Gasteiger charge is 2.18. The number of aromatic nitrogens is 1. The largest absolute Gasteiger partial charge is 0.508 e. The summed E-state index contributed by atoms with van der Waals surface area (Å²) in [7, 11) is 0. The number of anilines is 1. The maximum atomic E-state index is 11.9. The van der Waals surface area contributed by atoms with Crippen LogP contribution in [-0.2, 0) is 4.79 Å². The monoisotopic (exact) mass is 498 g/mol. The van der Waals surface area contributed by atoms with Crippen molar-refractivity contribution in [2.45, 2.75) is 27.2 Å². The molecule has 1 aliphatic rings. The van der Waals surface area contributed by atoms with Gasteiger partial charge < -0.3 is 15.2 Å². The number of aromatic hydroxyl groups is 1. The van der Waals surface area contributed by atoms with E-state index in [9.17, 15) is 9.90 Å². The van der Waals surface area contributed by atoms with Crippen molar-refractivity contribution in [2.24, 2.45) is 10.1 Å². The van der Waals surface area contributed by atoms with Gasteiger partial charge >= 0.3 is 0 Å². The van der Waals surface area contributed by atoms with Crippen LogP contribution in [0, 0.1) is 13.8 Å². The van der Waals surface area contributed by atoms with Gasteiger partial charge in [-0.05, 0) is 85.5 Å². The molecule has 182 valence electrons. The normalized spacial score (nSPS) is 13.8. The standard InChI is InChI=1S/C28H26N4O3S/c1-4-22(19-7-10-21(33)11-8-19)31-32-25(20-9-12-26-24(14-20)29-27(34)15-35-26)16-36-28(32)30-23-13-17(2)5-6-18(23)3/h5-14,16,33H,4,15H2,1-3H3,(H,29,34). The fourth-order valence-corrected chi connectivity index (χ4v) is 4.81. The smallest absolute Gasteiger partial charge is 0.262 e. The van der Waals surface area contributed by atoms with Crippen LogP contribution in [0.2, 0.25) is 0 Å². The minimum Gasteiger partial charge on any atom is -0.508 e. The third-order valence-electron chi connectivity index (χ3n) is 5.93. The molecule has 2 N–H and O–H groups in total. The number of nitrogens with zero attached hydrogens (tertiary/aromatic N) is 3. The van der Waals surface area contributed by atoms with Crippen molar-refractivity contribution < 1.29 is 14.6 Å². The highest BCUT2D eigenvalue weighted by Crippen LogP contribution is 2.33. The summed E-state index contributed by atoms with van der Waals surface area (Å²) >= 11 is 1.50. The second-order valence-electron chi connectivity index (χ2n) is 8.61. The summed E-state index contributed by atoms with van der Waals surface area (Å²) in [5, 5.41) is 19.7. The van der Waals surface area contributed by atoms with Crippen LogP contribution in [0.4, 0.5) is 11.4 Å². The van der Waals surface area contributed by atoms with Crippen LogP contribution in [-0.4, -0.2) is 28.0 Å². The molecule has 36 heavy (non-hydrogen) atoms. The predicted octanol–water partition coefficient (Wildman–Crippen LogP) is 5.76. The average Bonchev–Trinajstić information content (AvgIpc) is 3.26. The molecule has 0 unspecified atom stereocenters. The predicted molar refractivity (Wildman–Crippen MR) is 143 cm³/mol. The minimum absolute atomic E-state index is 0.0143. The lowest BCUT2D eigenvalue weighted by molar-refractivity contribution is -0.118. The molecule has 0 fully saturated rings. The molecule has 0 spiro atoms. The molecule has 2 heterocycles. The van der Waals surface area contributed by atoms with E-state index in [0.717, 1.165) is 44.1 Å². The zero-order valence-corrected chi connectivity index (χ0v) is 21.1. The summed E-state index contributed by atoms with van der Waals surface area (Å²) in [6, 6.07) is 19.0. The summed E-state index contributed by atoms with van der Waals surface area (Å²) in [5.41, 5.74) is 7.23. The van der Waals surface area contributed by atoms with Crippen molar-refractivity contribution in [3.8, 4) is 22.8 Å². The molecule has 0 aliphatic carbocycles. The van der Waals surface area contributed by atoms with Crippen molar-refractivity contribution in [1.29, 1.82) is 0 Å². The van der Waals surface area contributed by atoms with Crippen molar-refractivity contribution in [2.75, 3.05) is 11.9 Å². The molecule has 1 amide bonds. The van der Waals surface area contributed by atoms with E-state index in [1.807, 2.05) is 61.2 Å². The van der Waals surface area contributed by atoms with Gasteiger partial charge in [-0.3, -0.25) is 4.79 Å². The van der Waals surface area contributed by atoms with E-state index in [1.54, 1.807) is 12.1 Å². The summed E-state index contributed by atoms with van der Waals surface area (Å²) in [4.78, 5) is 17.6. The summed E-state index contributed by atoms with van der Waals surface area (Å²) in [5.74, 6) is 0.673. The van der Waals surface area contributed by atoms with Gasteiger partial charge in [-0.2, -0.15) is 5.10 Å². The number of carbonyl (C=O) groups is 1. The average molecular weight is 499 g/mol. The minimum atomic E-state index is -0.179. The first-order valence-corrected chi connectivity index (χ1v) is 12.6. The second kappa shape index (κ2) is 9.83. The fraction of sp³-hybridized carbons (Fsp3) is 0.179. The van der Waals surface area contributed by atoms with Gasteiger partial charge in [0.1, 0.15) is 11.5 Å². The maximum Gasteiger partial charge on any atom is 0.262 e. The van der Waals surface area contributed by atoms with Gasteiger partial charge in [0.05, 0.1) is 22.8 Å². The van der Waals surface area contributed by atoms with Gasteiger partial charge in [-0.25, -0.2) is 9.67 Å². The highest BCUT2D eigenvalue weighted by molar-refractivity contribution is 7.07. The Labute approximate surface area is 213 Å². The number of thiazole rings is 1. The fourth-order valence-electron chi connectivity index (χ4n) is 3.96. The Kier molecular flexibility index (Phi) is 6.43. The topological polar surface area (TPSA) is 88.2 Å². The molecule has 4 aromatic rings. The molecule has 0 bridgehead atoms. The first-order valence-electron chi connectivity index (χ1n) is 11.7. The Morgan fingerprint density at radius 1 is 1.11 bits per heavy atom. The number of rotatable bonds is 5. The maximum absolute atomic E-state index is 11.9. The molecule has 0 saturated heterocycles. The molecular formula is C28H26N4O3S. The zero-order valence-electron chi connectivity index (χ0n) is 20.3. The van der Waals surface area contributed by atoms with Crippen molar-refractivity contribution in [1.82, 2.24) is 4.68 Å². The number of phenolic OH excluding ortho intramolecular Hbond substituents is 1. The number of amides is 1. The molecule has 7 nitrogen and oxygen atoms in total. The highest BCUT2D eigenvalue weighted by atomic mass is 32.1. The number of nitrogens with one attached hydrogen (secondary N) is 1. The molecule has 3 aromatic carbocycles. The summed E-state index contributed by atoms with van der Waals surface area (Å²) in [6.07, 6.45) is 0.685. The Balaban J connectivity index is 1.70. The third kappa shape index (κ3) is 4.81. The number of benzene rings is 3. The number of aryl methyl sites for hydroxylation is 2. The van der Waals surface area contributed by atoms with Crippen LogP contribution in [0.3, 0.4) is 0 Å². The molecule has 0 radical (unpaired) electrons. The molecular weight excluding hydrogens is 472 g/mol. The van der Waals surface area contributed by atoms with Crippen molar-refractivity contribution >= 4 is 34.3 Å². The molecule has 1 aliphatic heterocycles. The van der Waals surface area contributed by atoms with Crippen molar-refractivity contribution in [3.05, 3.63) is 87.5 Å². The quantitative estimate of drug-likeness (QED) is 0.343. The Morgan fingerprint density at radius 3 is 2.69 bits per heavy atom. The van der Waals surface area contributed by atoms with Gasteiger partial charge in [0, 0.05) is 10.9 Å². The molecule has 0 saturated carbocycles. The van der Waals surface area contributed by atoms with Crippen LogP contribution < -0.4 is 14.9 Å². The van der Waals surface area contributed by atoms with E-state index >= 15 is 0 Å². The summed E-state index contributed by atoms with van der Waals surface area (Å²) < 4.78 is 7.38. The van der Waals surface area contributed by atoms with E-state index in [1.165, 1.54) is 11.3 Å². The zero-order chi connectivity index (χ0) is 25.2. The van der Waals surface area contributed by atoms with Crippen molar-refractivity contribution in [3.63, 3.8) is 0 Å². The lowest BCUT2D eigenvalue weighted by atomic mass is 10.1. The number of fused-ring (bicyclic) bond motifs is 1. The van der Waals surface area contributed by atoms with Gasteiger partial charge in [-0.15, -0.1) is 11.3 Å². The molecule has 5 rings (SSSR count). The van der Waals surface area contributed by atoms with Gasteiger partial charge in [0.15, 0.2) is 6.61 Å². The first-order chi connectivity index (χ1) is 17.4. The lowest BCUT2D eigenvalue weighted by Gasteiger charge is -2.18. The molecule has 0 atom stereocenters. The van der Waals surface area contributed by atoms with E-state index in [-0.39, 0.29) is 18.3 Å². The Morgan fingerprint density at radius 2 is 1.92 bits per heavy atom. The Hall–Kier alpha value is -4.17. The molecule has 8 heteroatoms. The van der Waals surface area contributed by atoms with Gasteiger partial charge in [0.2, 0.25) is 4.80 Å². The SMILES string of the molecule is CCC(=Nn1c(-c2ccc3c(c2)NC(=O)CO3)csc1=Nc1cc(C)ccc1C)c1ccc(O)cc1. The summed E-state index contributed by atoms with van der Waals surface area (Å²) in [6.45, 7) is 6.15. The van der Waals surface area contributed by atoms with Crippen LogP contribution in [0.15, 0.2) is 76.1 Å². The van der Waals surface area contributed by atoms with Gasteiger partial charge in [0.25, 0.3) is 5.91 Å². The van der Waals surface area contributed by atoms with E-state index < -0.39 is 0 Å². The number of phenols is 1. The van der Waals surface area contributed by atoms with E-state index in [2.05, 4.69) is 23.5 Å². The van der Waals surface area contributed by atoms with E-state index in [4.69, 9.17) is 14.8 Å². The van der Waals surface area contributed by atoms with E-state index in [0.29, 0.717) is 17.9 Å². The number of carbonyl (C=O) groups excluding carboxylic acids is 1. The number of hydrogen-bond donors (Lipinski definition) is 2. The van der Waals surface area contributed by atoms with Crippen LogP contribution in [0.1, 0.15) is 30.0 Å². The number of hydrogen-bond acceptors (Lipinski definition) is 6. The first kappa shape index (κ1) is 23.6. The third-order valence-corrected chi connectivity index (χ3v) is 6.75. The van der Waals surface area contributed by atoms with Crippen LogP contribution in [0.25, 0.3) is 11.3 Å². The van der Waals surface area contributed by atoms with Crippen LogP contribution in [0.5, 0.6) is 11.5 Å².